The lowest BCUT2D eigenvalue weighted by atomic mass is 10.0. The van der Waals surface area contributed by atoms with E-state index in [0.717, 1.165) is 37.1 Å². The summed E-state index contributed by atoms with van der Waals surface area (Å²) in [6.07, 6.45) is 3.79. The summed E-state index contributed by atoms with van der Waals surface area (Å²) in [5.41, 5.74) is 2.09. The maximum Gasteiger partial charge on any atom is 0.254 e. The van der Waals surface area contributed by atoms with E-state index >= 15 is 0 Å². The first-order chi connectivity index (χ1) is 12.0. The molecule has 132 valence electrons. The average molecular weight is 360 g/mol. The predicted molar refractivity (Wildman–Crippen MR) is 100 cm³/mol. The van der Waals surface area contributed by atoms with Gasteiger partial charge in [-0.15, -0.1) is 0 Å². The molecule has 1 amide bonds. The third-order valence-electron chi connectivity index (χ3n) is 4.59. The first-order valence-corrected chi connectivity index (χ1v) is 8.79. The van der Waals surface area contributed by atoms with Gasteiger partial charge >= 0.3 is 0 Å². The Bertz CT molecular complexity index is 839. The summed E-state index contributed by atoms with van der Waals surface area (Å²) in [7, 11) is 3.38. The fraction of sp³-hybridized carbons (Fsp3) is 0.368. The number of aromatic nitrogens is 1. The number of amides is 1. The zero-order valence-electron chi connectivity index (χ0n) is 14.5. The number of nitrogens with one attached hydrogen (secondary N) is 1. The third kappa shape index (κ3) is 3.78. The predicted octanol–water partition coefficient (Wildman–Crippen LogP) is 2.80. The molecule has 2 aromatic rings. The molecule has 1 fully saturated rings. The van der Waals surface area contributed by atoms with Gasteiger partial charge in [-0.05, 0) is 55.3 Å². The van der Waals surface area contributed by atoms with Crippen molar-refractivity contribution in [3.63, 3.8) is 0 Å². The van der Waals surface area contributed by atoms with Crippen molar-refractivity contribution in [1.82, 2.24) is 14.8 Å². The summed E-state index contributed by atoms with van der Waals surface area (Å²) in [6, 6.07) is 9.10. The summed E-state index contributed by atoms with van der Waals surface area (Å²) in [6.45, 7) is 1.88. The van der Waals surface area contributed by atoms with Crippen LogP contribution in [0.15, 0.2) is 41.3 Å². The quantitative estimate of drug-likeness (QED) is 0.916. The Morgan fingerprint density at radius 3 is 2.44 bits per heavy atom. The van der Waals surface area contributed by atoms with E-state index in [1.807, 2.05) is 22.9 Å². The van der Waals surface area contributed by atoms with Crippen molar-refractivity contribution >= 4 is 17.5 Å². The number of carbonyl (C=O) groups excluding carboxylic acids is 1. The van der Waals surface area contributed by atoms with Crippen molar-refractivity contribution in [2.45, 2.75) is 18.9 Å². The number of hydrogen-bond donors (Lipinski definition) is 1. The minimum atomic E-state index is -0.141. The van der Waals surface area contributed by atoms with Gasteiger partial charge in [0.25, 0.3) is 11.5 Å². The maximum absolute atomic E-state index is 12.5. The first kappa shape index (κ1) is 17.7. The van der Waals surface area contributed by atoms with E-state index in [1.165, 1.54) is 4.90 Å². The number of carbonyl (C=O) groups is 1. The molecule has 6 heteroatoms. The highest BCUT2D eigenvalue weighted by Gasteiger charge is 2.17. The summed E-state index contributed by atoms with van der Waals surface area (Å²) in [5, 5.41) is 3.70. The Hall–Kier alpha value is -2.11. The number of halogens is 1. The van der Waals surface area contributed by atoms with Gasteiger partial charge in [-0.2, -0.15) is 0 Å². The highest BCUT2D eigenvalue weighted by molar-refractivity contribution is 6.34. The summed E-state index contributed by atoms with van der Waals surface area (Å²) >= 11 is 6.27. The van der Waals surface area contributed by atoms with Gasteiger partial charge in [0.05, 0.1) is 10.6 Å². The van der Waals surface area contributed by atoms with Crippen molar-refractivity contribution in [2.24, 2.45) is 0 Å². The molecule has 0 spiro atoms. The van der Waals surface area contributed by atoms with Gasteiger partial charge in [-0.1, -0.05) is 17.7 Å². The second-order valence-electron chi connectivity index (χ2n) is 6.54. The molecule has 1 saturated heterocycles. The fourth-order valence-corrected chi connectivity index (χ4v) is 3.43. The second kappa shape index (κ2) is 7.42. The van der Waals surface area contributed by atoms with E-state index < -0.39 is 0 Å². The van der Waals surface area contributed by atoms with Crippen LogP contribution in [0.1, 0.15) is 29.2 Å². The maximum atomic E-state index is 12.5. The Labute approximate surface area is 152 Å². The standard InChI is InChI=1S/C19H22ClN3O2/c1-22(2)19(25)16-4-3-13(11-17(16)20)14-7-10-23(18(24)12-14)15-5-8-21-9-6-15/h3-4,7,10-12,15,21H,5-6,8-9H2,1-2H3. The van der Waals surface area contributed by atoms with Gasteiger partial charge in [0.15, 0.2) is 0 Å². The summed E-state index contributed by atoms with van der Waals surface area (Å²) < 4.78 is 1.82. The highest BCUT2D eigenvalue weighted by Crippen LogP contribution is 2.26. The van der Waals surface area contributed by atoms with Crippen molar-refractivity contribution in [1.29, 1.82) is 0 Å². The van der Waals surface area contributed by atoms with Crippen LogP contribution in [-0.2, 0) is 0 Å². The molecular formula is C19H22ClN3O2. The smallest absolute Gasteiger partial charge is 0.254 e. The van der Waals surface area contributed by atoms with E-state index in [2.05, 4.69) is 5.32 Å². The molecule has 25 heavy (non-hydrogen) atoms. The Morgan fingerprint density at radius 1 is 1.16 bits per heavy atom. The molecular weight excluding hydrogens is 338 g/mol. The van der Waals surface area contributed by atoms with Crippen molar-refractivity contribution < 1.29 is 4.79 Å². The van der Waals surface area contributed by atoms with Crippen molar-refractivity contribution in [3.05, 3.63) is 57.5 Å². The third-order valence-corrected chi connectivity index (χ3v) is 4.90. The van der Waals surface area contributed by atoms with Crippen LogP contribution < -0.4 is 10.9 Å². The highest BCUT2D eigenvalue weighted by atomic mass is 35.5. The number of benzene rings is 1. The van der Waals surface area contributed by atoms with Gasteiger partial charge in [0.2, 0.25) is 0 Å². The number of nitrogens with zero attached hydrogens (tertiary/aromatic N) is 2. The molecule has 1 aliphatic rings. The van der Waals surface area contributed by atoms with Crippen LogP contribution in [0.4, 0.5) is 0 Å². The van der Waals surface area contributed by atoms with Gasteiger partial charge in [-0.25, -0.2) is 0 Å². The largest absolute Gasteiger partial charge is 0.345 e. The Balaban J connectivity index is 1.89. The lowest BCUT2D eigenvalue weighted by molar-refractivity contribution is 0.0828. The average Bonchev–Trinajstić information content (AvgIpc) is 2.61. The second-order valence-corrected chi connectivity index (χ2v) is 6.94. The summed E-state index contributed by atoms with van der Waals surface area (Å²) in [5.74, 6) is -0.141. The number of pyridine rings is 1. The topological polar surface area (TPSA) is 54.3 Å². The molecule has 2 heterocycles. The molecule has 0 aliphatic carbocycles. The Morgan fingerprint density at radius 2 is 1.84 bits per heavy atom. The number of hydrogen-bond acceptors (Lipinski definition) is 3. The van der Waals surface area contributed by atoms with Gasteiger partial charge in [0.1, 0.15) is 0 Å². The van der Waals surface area contributed by atoms with Gasteiger partial charge in [0, 0.05) is 32.4 Å². The van der Waals surface area contributed by atoms with Gasteiger partial charge in [-0.3, -0.25) is 9.59 Å². The van der Waals surface area contributed by atoms with Crippen molar-refractivity contribution in [3.8, 4) is 11.1 Å². The monoisotopic (exact) mass is 359 g/mol. The molecule has 1 aliphatic heterocycles. The molecule has 1 aromatic carbocycles. The van der Waals surface area contributed by atoms with E-state index in [0.29, 0.717) is 10.6 Å². The van der Waals surface area contributed by atoms with Gasteiger partial charge < -0.3 is 14.8 Å². The van der Waals surface area contributed by atoms with Crippen LogP contribution in [0.2, 0.25) is 5.02 Å². The molecule has 0 bridgehead atoms. The van der Waals surface area contributed by atoms with Crippen molar-refractivity contribution in [2.75, 3.05) is 27.2 Å². The fourth-order valence-electron chi connectivity index (χ4n) is 3.16. The Kier molecular flexibility index (Phi) is 5.25. The van der Waals surface area contributed by atoms with E-state index in [1.54, 1.807) is 32.3 Å². The van der Waals surface area contributed by atoms with Crippen LogP contribution >= 0.6 is 11.6 Å². The number of piperidine rings is 1. The molecule has 0 radical (unpaired) electrons. The normalized spacial score (nSPS) is 15.2. The molecule has 0 saturated carbocycles. The molecule has 0 atom stereocenters. The lowest BCUT2D eigenvalue weighted by Gasteiger charge is -2.24. The summed E-state index contributed by atoms with van der Waals surface area (Å²) in [4.78, 5) is 26.1. The SMILES string of the molecule is CN(C)C(=O)c1ccc(-c2ccn(C3CCNCC3)c(=O)c2)cc1Cl. The minimum absolute atomic E-state index is 0.00559. The van der Waals surface area contributed by atoms with Crippen LogP contribution in [0.25, 0.3) is 11.1 Å². The zero-order valence-corrected chi connectivity index (χ0v) is 15.2. The zero-order chi connectivity index (χ0) is 18.0. The first-order valence-electron chi connectivity index (χ1n) is 8.42. The molecule has 5 nitrogen and oxygen atoms in total. The van der Waals surface area contributed by atoms with E-state index in [4.69, 9.17) is 11.6 Å². The number of rotatable bonds is 3. The van der Waals surface area contributed by atoms with Crippen LogP contribution in [-0.4, -0.2) is 42.6 Å². The van der Waals surface area contributed by atoms with Crippen LogP contribution in [0.5, 0.6) is 0 Å². The molecule has 0 unspecified atom stereocenters. The molecule has 1 N–H and O–H groups in total. The molecule has 3 rings (SSSR count). The lowest BCUT2D eigenvalue weighted by Crippen LogP contribution is -2.33. The van der Waals surface area contributed by atoms with E-state index in [-0.39, 0.29) is 17.5 Å². The minimum Gasteiger partial charge on any atom is -0.345 e. The van der Waals surface area contributed by atoms with Crippen LogP contribution in [0.3, 0.4) is 0 Å². The van der Waals surface area contributed by atoms with Crippen LogP contribution in [0, 0.1) is 0 Å². The van der Waals surface area contributed by atoms with E-state index in [9.17, 15) is 9.59 Å². The molecule has 1 aromatic heterocycles.